The van der Waals surface area contributed by atoms with Crippen LogP contribution < -0.4 is 5.50 Å². The first-order chi connectivity index (χ1) is 10.1. The second-order valence-corrected chi connectivity index (χ2v) is 7.80. The number of aryl methyl sites for hydroxylation is 1. The highest BCUT2D eigenvalue weighted by atomic mass is 32.5. The normalized spacial score (nSPS) is 16.8. The molecule has 0 radical (unpaired) electrons. The van der Waals surface area contributed by atoms with Gasteiger partial charge < -0.3 is 14.2 Å². The molecule has 0 spiro atoms. The van der Waals surface area contributed by atoms with E-state index in [2.05, 4.69) is 0 Å². The second-order valence-electron chi connectivity index (χ2n) is 4.92. The van der Waals surface area contributed by atoms with Crippen LogP contribution in [0.2, 0.25) is 0 Å². The summed E-state index contributed by atoms with van der Waals surface area (Å²) < 4.78 is 11.0. The number of rotatable bonds is 8. The van der Waals surface area contributed by atoms with Gasteiger partial charge in [0.05, 0.1) is 17.1 Å². The van der Waals surface area contributed by atoms with Crippen LogP contribution in [0.5, 0.6) is 0 Å². The number of hydrogen-bond acceptors (Lipinski definition) is 5. The first-order valence-corrected chi connectivity index (χ1v) is 9.55. The average Bonchev–Trinajstić information content (AvgIpc) is 2.41. The maximum absolute atomic E-state index is 11.3. The minimum absolute atomic E-state index is 0.0143. The molecule has 2 unspecified atom stereocenters. The number of nitro benzene ring substituents is 1. The van der Waals surface area contributed by atoms with Gasteiger partial charge in [0, 0.05) is 12.7 Å². The molecule has 124 valence electrons. The van der Waals surface area contributed by atoms with E-state index in [-0.39, 0.29) is 12.3 Å². The molecule has 0 bridgehead atoms. The second kappa shape index (κ2) is 7.59. The third-order valence-corrected chi connectivity index (χ3v) is 4.09. The quantitative estimate of drug-likeness (QED) is 0.422. The summed E-state index contributed by atoms with van der Waals surface area (Å²) >= 11 is 4.79. The fourth-order valence-electron chi connectivity index (χ4n) is 2.20. The topological polar surface area (TPSA) is 108 Å². The van der Waals surface area contributed by atoms with E-state index in [0.29, 0.717) is 18.6 Å². The third kappa shape index (κ3) is 4.81. The number of nitrogens with two attached hydrogens (primary N) is 1. The summed E-state index contributed by atoms with van der Waals surface area (Å²) in [4.78, 5) is 20.6. The highest BCUT2D eigenvalue weighted by molar-refractivity contribution is 8.08. The molecule has 1 aromatic carbocycles. The lowest BCUT2D eigenvalue weighted by atomic mass is 9.89. The van der Waals surface area contributed by atoms with Gasteiger partial charge in [0.25, 0.3) is 12.3 Å². The minimum Gasteiger partial charge on any atom is -0.378 e. The van der Waals surface area contributed by atoms with Crippen LogP contribution in [0.4, 0.5) is 5.69 Å². The third-order valence-electron chi connectivity index (χ3n) is 3.26. The summed E-state index contributed by atoms with van der Waals surface area (Å²) in [5.74, 6) is 0. The lowest BCUT2D eigenvalue weighted by Crippen LogP contribution is -2.35. The van der Waals surface area contributed by atoms with Crippen molar-refractivity contribution < 1.29 is 19.1 Å². The van der Waals surface area contributed by atoms with Crippen LogP contribution in [0, 0.1) is 17.0 Å². The average molecular weight is 348 g/mol. The Hall–Kier alpha value is -0.890. The molecule has 1 aromatic rings. The van der Waals surface area contributed by atoms with Crippen molar-refractivity contribution in [1.29, 1.82) is 0 Å². The Bertz CT molecular complexity index is 592. The van der Waals surface area contributed by atoms with Gasteiger partial charge in [0.15, 0.2) is 0 Å². The van der Waals surface area contributed by atoms with Gasteiger partial charge in [-0.2, -0.15) is 0 Å². The van der Waals surface area contributed by atoms with Crippen molar-refractivity contribution in [2.45, 2.75) is 32.8 Å². The number of nitrogens with zero attached hydrogens (tertiary/aromatic N) is 1. The van der Waals surface area contributed by atoms with Gasteiger partial charge in [-0.1, -0.05) is 18.6 Å². The van der Waals surface area contributed by atoms with Crippen LogP contribution in [-0.4, -0.2) is 23.0 Å². The monoisotopic (exact) mass is 348 g/mol. The van der Waals surface area contributed by atoms with Gasteiger partial charge in [0.1, 0.15) is 5.60 Å². The number of hydrogen-bond donors (Lipinski definition) is 2. The maximum Gasteiger partial charge on any atom is 0.275 e. The Balaban J connectivity index is 3.52. The molecule has 0 saturated carbocycles. The van der Waals surface area contributed by atoms with Crippen molar-refractivity contribution in [3.63, 3.8) is 0 Å². The fourth-order valence-corrected chi connectivity index (χ4v) is 3.41. The molecule has 0 aliphatic rings. The van der Waals surface area contributed by atoms with E-state index in [0.717, 1.165) is 5.56 Å². The predicted molar refractivity (Wildman–Crippen MR) is 88.1 cm³/mol. The number of nitro groups is 1. The van der Waals surface area contributed by atoms with Gasteiger partial charge in [-0.05, 0) is 38.1 Å². The van der Waals surface area contributed by atoms with Crippen molar-refractivity contribution in [3.8, 4) is 0 Å². The zero-order valence-electron chi connectivity index (χ0n) is 12.8. The molecule has 0 heterocycles. The Labute approximate surface area is 134 Å². The molecule has 1 rings (SSSR count). The summed E-state index contributed by atoms with van der Waals surface area (Å²) in [5, 5.41) is 11.3. The van der Waals surface area contributed by atoms with E-state index in [9.17, 15) is 15.0 Å². The minimum atomic E-state index is -3.54. The fraction of sp³-hybridized carbons (Fsp3) is 0.538. The Morgan fingerprint density at radius 3 is 2.59 bits per heavy atom. The SMILES string of the molecule is CCOCC(CC)(OP(N)(O)=S)c1cc(C)ccc1[N+](=O)[O-]. The number of benzene rings is 1. The predicted octanol–water partition coefficient (Wildman–Crippen LogP) is 2.74. The summed E-state index contributed by atoms with van der Waals surface area (Å²) in [6.45, 7) is 2.24. The van der Waals surface area contributed by atoms with E-state index in [4.69, 9.17) is 26.6 Å². The van der Waals surface area contributed by atoms with Gasteiger partial charge in [0.2, 0.25) is 0 Å². The molecule has 3 N–H and O–H groups in total. The van der Waals surface area contributed by atoms with Crippen LogP contribution in [0.1, 0.15) is 31.4 Å². The first kappa shape index (κ1) is 19.2. The lowest BCUT2D eigenvalue weighted by Gasteiger charge is -2.34. The Kier molecular flexibility index (Phi) is 6.61. The largest absolute Gasteiger partial charge is 0.378 e. The lowest BCUT2D eigenvalue weighted by molar-refractivity contribution is -0.386. The van der Waals surface area contributed by atoms with E-state index >= 15 is 0 Å². The Morgan fingerprint density at radius 2 is 2.14 bits per heavy atom. The van der Waals surface area contributed by atoms with Gasteiger partial charge >= 0.3 is 0 Å². The van der Waals surface area contributed by atoms with Gasteiger partial charge in [-0.15, -0.1) is 0 Å². The summed E-state index contributed by atoms with van der Waals surface area (Å²) in [6, 6.07) is 4.69. The van der Waals surface area contributed by atoms with Gasteiger partial charge in [-0.3, -0.25) is 15.6 Å². The van der Waals surface area contributed by atoms with Crippen molar-refractivity contribution in [3.05, 3.63) is 39.4 Å². The zero-order valence-corrected chi connectivity index (χ0v) is 14.5. The standard InChI is InChI=1S/C13H21N2O5PS/c1-4-13(9-19-5-2,20-21(14,18)22)11-8-10(3)6-7-12(11)15(16)17/h6-8H,4-5,9H2,1-3H3,(H3,14,18,22). The molecule has 0 aliphatic carbocycles. The van der Waals surface area contributed by atoms with Crippen LogP contribution in [0.15, 0.2) is 18.2 Å². The van der Waals surface area contributed by atoms with Crippen LogP contribution in [0.25, 0.3) is 0 Å². The molecule has 0 aliphatic heterocycles. The smallest absolute Gasteiger partial charge is 0.275 e. The van der Waals surface area contributed by atoms with Crippen molar-refractivity contribution in [1.82, 2.24) is 0 Å². The van der Waals surface area contributed by atoms with Gasteiger partial charge in [-0.25, -0.2) is 0 Å². The summed E-state index contributed by atoms with van der Waals surface area (Å²) in [5.41, 5.74) is 5.26. The van der Waals surface area contributed by atoms with Crippen LogP contribution in [0.3, 0.4) is 0 Å². The van der Waals surface area contributed by atoms with Crippen molar-refractivity contribution in [2.24, 2.45) is 5.50 Å². The molecule has 0 aromatic heterocycles. The molecule has 0 amide bonds. The Morgan fingerprint density at radius 1 is 1.50 bits per heavy atom. The zero-order chi connectivity index (χ0) is 17.0. The van der Waals surface area contributed by atoms with E-state index in [1.165, 1.54) is 6.07 Å². The molecular weight excluding hydrogens is 327 g/mol. The van der Waals surface area contributed by atoms with Crippen molar-refractivity contribution >= 4 is 24.1 Å². The molecule has 7 nitrogen and oxygen atoms in total. The maximum atomic E-state index is 11.3. The molecule has 2 atom stereocenters. The highest BCUT2D eigenvalue weighted by Crippen LogP contribution is 2.47. The molecule has 22 heavy (non-hydrogen) atoms. The first-order valence-electron chi connectivity index (χ1n) is 6.80. The summed E-state index contributed by atoms with van der Waals surface area (Å²) in [7, 11) is 0. The summed E-state index contributed by atoms with van der Waals surface area (Å²) in [6.07, 6.45) is 0.313. The van der Waals surface area contributed by atoms with Crippen LogP contribution >= 0.6 is 6.64 Å². The van der Waals surface area contributed by atoms with E-state index < -0.39 is 17.2 Å². The van der Waals surface area contributed by atoms with E-state index in [1.807, 2.05) is 6.92 Å². The molecule has 0 fully saturated rings. The molecule has 9 heteroatoms. The van der Waals surface area contributed by atoms with E-state index in [1.54, 1.807) is 26.0 Å². The molecular formula is C13H21N2O5PS. The van der Waals surface area contributed by atoms with Crippen molar-refractivity contribution in [2.75, 3.05) is 13.2 Å². The number of ether oxygens (including phenoxy) is 1. The highest BCUT2D eigenvalue weighted by Gasteiger charge is 2.41. The molecule has 0 saturated heterocycles. The van der Waals surface area contributed by atoms with Crippen LogP contribution in [-0.2, 0) is 26.7 Å².